The fourth-order valence-corrected chi connectivity index (χ4v) is 4.81. The van der Waals surface area contributed by atoms with Crippen molar-refractivity contribution in [1.29, 1.82) is 0 Å². The number of nitrogens with zero attached hydrogens (tertiary/aromatic N) is 3. The Kier molecular flexibility index (Phi) is 10.4. The molecule has 38 heavy (non-hydrogen) atoms. The number of hydrogen-bond donors (Lipinski definition) is 1. The predicted molar refractivity (Wildman–Crippen MR) is 145 cm³/mol. The van der Waals surface area contributed by atoms with Crippen molar-refractivity contribution >= 4 is 5.91 Å². The topological polar surface area (TPSA) is 83.9 Å². The summed E-state index contributed by atoms with van der Waals surface area (Å²) in [7, 11) is 1.50. The molecule has 4 rings (SSSR count). The maximum atomic E-state index is 12.6. The molecule has 0 aromatic heterocycles. The van der Waals surface area contributed by atoms with Gasteiger partial charge in [-0.3, -0.25) is 14.6 Å². The van der Waals surface area contributed by atoms with E-state index >= 15 is 0 Å². The lowest BCUT2D eigenvalue weighted by atomic mass is 10.0. The van der Waals surface area contributed by atoms with E-state index in [4.69, 9.17) is 18.9 Å². The molecule has 1 atom stereocenters. The molecule has 2 aliphatic rings. The number of carbonyl (C=O) groups excluding carboxylic acids is 1. The molecule has 2 aliphatic heterocycles. The number of hydrogen-bond acceptors (Lipinski definition) is 8. The number of morpholine rings is 1. The van der Waals surface area contributed by atoms with E-state index in [-0.39, 0.29) is 25.7 Å². The zero-order chi connectivity index (χ0) is 26.8. The molecule has 2 heterocycles. The standard InChI is InChI=1S/C29H41N3O6/c1-24-3-7-27(8-4-24)38-23-29(34)21-31(11-12-32(22-29)28(33)20-35-2)19-25-5-9-26(10-6-25)37-18-15-30-13-16-36-17-14-30/h3-10,34H,11-23H2,1-2H3/t29-/m0/s1. The summed E-state index contributed by atoms with van der Waals surface area (Å²) in [4.78, 5) is 18.8. The molecule has 9 nitrogen and oxygen atoms in total. The van der Waals surface area contributed by atoms with Crippen LogP contribution in [0.2, 0.25) is 0 Å². The molecular weight excluding hydrogens is 486 g/mol. The van der Waals surface area contributed by atoms with Gasteiger partial charge in [-0.2, -0.15) is 0 Å². The van der Waals surface area contributed by atoms with E-state index in [1.54, 1.807) is 4.90 Å². The fraction of sp³-hybridized carbons (Fsp3) is 0.552. The van der Waals surface area contributed by atoms with Crippen LogP contribution in [0.3, 0.4) is 0 Å². The molecule has 0 spiro atoms. The molecule has 2 fully saturated rings. The van der Waals surface area contributed by atoms with Gasteiger partial charge in [0.2, 0.25) is 5.91 Å². The molecule has 0 unspecified atom stereocenters. The van der Waals surface area contributed by atoms with Crippen LogP contribution in [0.5, 0.6) is 11.5 Å². The van der Waals surface area contributed by atoms with Gasteiger partial charge < -0.3 is 29.0 Å². The molecule has 0 bridgehead atoms. The fourth-order valence-electron chi connectivity index (χ4n) is 4.81. The first-order valence-electron chi connectivity index (χ1n) is 13.4. The average molecular weight is 528 g/mol. The number of ether oxygens (including phenoxy) is 4. The number of rotatable bonds is 11. The molecule has 208 valence electrons. The first-order valence-corrected chi connectivity index (χ1v) is 13.4. The SMILES string of the molecule is COCC(=O)N1CCN(Cc2ccc(OCCN3CCOCC3)cc2)C[C@@](O)(COc2ccc(C)cc2)C1. The first kappa shape index (κ1) is 28.3. The summed E-state index contributed by atoms with van der Waals surface area (Å²) in [5.41, 5.74) is 1.03. The van der Waals surface area contributed by atoms with Gasteiger partial charge in [0.1, 0.15) is 36.9 Å². The Bertz CT molecular complexity index is 996. The number of β-amino-alcohol motifs (C(OH)–C–C–N with tert-alkyl or cyclic N) is 1. The summed E-state index contributed by atoms with van der Waals surface area (Å²) in [6, 6.07) is 15.8. The third-order valence-corrected chi connectivity index (χ3v) is 6.95. The third-order valence-electron chi connectivity index (χ3n) is 6.95. The summed E-state index contributed by atoms with van der Waals surface area (Å²) in [6.45, 7) is 9.47. The van der Waals surface area contributed by atoms with E-state index < -0.39 is 5.60 Å². The molecule has 1 N–H and O–H groups in total. The smallest absolute Gasteiger partial charge is 0.248 e. The van der Waals surface area contributed by atoms with Crippen LogP contribution in [0, 0.1) is 6.92 Å². The predicted octanol–water partition coefficient (Wildman–Crippen LogP) is 1.81. The number of aliphatic hydroxyl groups is 1. The summed E-state index contributed by atoms with van der Waals surface area (Å²) >= 11 is 0. The zero-order valence-corrected chi connectivity index (χ0v) is 22.6. The summed E-state index contributed by atoms with van der Waals surface area (Å²) < 4.78 is 22.4. The minimum atomic E-state index is -1.23. The van der Waals surface area contributed by atoms with Gasteiger partial charge in [0, 0.05) is 52.9 Å². The minimum absolute atomic E-state index is 0.0120. The molecule has 2 saturated heterocycles. The van der Waals surface area contributed by atoms with Crippen molar-refractivity contribution in [2.24, 2.45) is 0 Å². The minimum Gasteiger partial charge on any atom is -0.492 e. The maximum absolute atomic E-state index is 12.6. The molecule has 2 aromatic rings. The summed E-state index contributed by atoms with van der Waals surface area (Å²) in [6.07, 6.45) is 0. The van der Waals surface area contributed by atoms with Crippen LogP contribution >= 0.6 is 0 Å². The highest BCUT2D eigenvalue weighted by atomic mass is 16.5. The number of carbonyl (C=O) groups is 1. The Morgan fingerprint density at radius 3 is 2.32 bits per heavy atom. The number of amides is 1. The highest BCUT2D eigenvalue weighted by molar-refractivity contribution is 5.77. The Balaban J connectivity index is 1.35. The summed E-state index contributed by atoms with van der Waals surface area (Å²) in [5, 5.41) is 11.6. The first-order chi connectivity index (χ1) is 18.4. The van der Waals surface area contributed by atoms with Crippen molar-refractivity contribution in [3.63, 3.8) is 0 Å². The molecule has 0 radical (unpaired) electrons. The lowest BCUT2D eigenvalue weighted by Crippen LogP contribution is -2.52. The van der Waals surface area contributed by atoms with Gasteiger partial charge in [0.25, 0.3) is 0 Å². The Morgan fingerprint density at radius 1 is 0.921 bits per heavy atom. The molecule has 0 saturated carbocycles. The van der Waals surface area contributed by atoms with E-state index in [1.165, 1.54) is 7.11 Å². The van der Waals surface area contributed by atoms with Crippen LogP contribution in [0.1, 0.15) is 11.1 Å². The van der Waals surface area contributed by atoms with Crippen LogP contribution in [-0.2, 0) is 20.8 Å². The van der Waals surface area contributed by atoms with Gasteiger partial charge in [0.05, 0.1) is 19.8 Å². The Hall–Kier alpha value is -2.69. The quantitative estimate of drug-likeness (QED) is 0.474. The lowest BCUT2D eigenvalue weighted by molar-refractivity contribution is -0.138. The average Bonchev–Trinajstić information content (AvgIpc) is 3.09. The van der Waals surface area contributed by atoms with E-state index in [1.807, 2.05) is 43.3 Å². The van der Waals surface area contributed by atoms with Crippen LogP contribution in [-0.4, -0.2) is 117 Å². The van der Waals surface area contributed by atoms with Gasteiger partial charge in [0.15, 0.2) is 0 Å². The number of methoxy groups -OCH3 is 1. The van der Waals surface area contributed by atoms with Crippen molar-refractivity contribution < 1.29 is 28.8 Å². The van der Waals surface area contributed by atoms with Crippen molar-refractivity contribution in [3.05, 3.63) is 59.7 Å². The van der Waals surface area contributed by atoms with Gasteiger partial charge in [-0.15, -0.1) is 0 Å². The Morgan fingerprint density at radius 2 is 1.61 bits per heavy atom. The molecule has 9 heteroatoms. The van der Waals surface area contributed by atoms with Crippen molar-refractivity contribution in [1.82, 2.24) is 14.7 Å². The van der Waals surface area contributed by atoms with Crippen LogP contribution in [0.25, 0.3) is 0 Å². The highest BCUT2D eigenvalue weighted by Crippen LogP contribution is 2.21. The van der Waals surface area contributed by atoms with Crippen molar-refractivity contribution in [2.75, 3.05) is 86.0 Å². The lowest BCUT2D eigenvalue weighted by Gasteiger charge is -2.33. The largest absolute Gasteiger partial charge is 0.492 e. The van der Waals surface area contributed by atoms with Crippen molar-refractivity contribution in [2.45, 2.75) is 19.1 Å². The van der Waals surface area contributed by atoms with E-state index in [2.05, 4.69) is 21.9 Å². The molecule has 2 aromatic carbocycles. The van der Waals surface area contributed by atoms with Crippen LogP contribution in [0.15, 0.2) is 48.5 Å². The van der Waals surface area contributed by atoms with Crippen LogP contribution < -0.4 is 9.47 Å². The van der Waals surface area contributed by atoms with Gasteiger partial charge >= 0.3 is 0 Å². The second-order valence-electron chi connectivity index (χ2n) is 10.2. The maximum Gasteiger partial charge on any atom is 0.248 e. The Labute approximate surface area is 225 Å². The van der Waals surface area contributed by atoms with E-state index in [0.29, 0.717) is 38.5 Å². The van der Waals surface area contributed by atoms with Gasteiger partial charge in [-0.05, 0) is 36.8 Å². The number of benzene rings is 2. The van der Waals surface area contributed by atoms with Gasteiger partial charge in [-0.1, -0.05) is 29.8 Å². The molecular formula is C29H41N3O6. The second kappa shape index (κ2) is 13.9. The third kappa shape index (κ3) is 8.68. The van der Waals surface area contributed by atoms with Crippen LogP contribution in [0.4, 0.5) is 0 Å². The number of aryl methyl sites for hydroxylation is 1. The summed E-state index contributed by atoms with van der Waals surface area (Å²) in [5.74, 6) is 1.40. The molecule has 1 amide bonds. The molecule has 0 aliphatic carbocycles. The highest BCUT2D eigenvalue weighted by Gasteiger charge is 2.37. The van der Waals surface area contributed by atoms with E-state index in [9.17, 15) is 9.90 Å². The van der Waals surface area contributed by atoms with Gasteiger partial charge in [-0.25, -0.2) is 0 Å². The monoisotopic (exact) mass is 527 g/mol. The zero-order valence-electron chi connectivity index (χ0n) is 22.6. The normalized spacial score (nSPS) is 21.2. The van der Waals surface area contributed by atoms with E-state index in [0.717, 1.165) is 49.7 Å². The van der Waals surface area contributed by atoms with Crippen molar-refractivity contribution in [3.8, 4) is 11.5 Å². The second-order valence-corrected chi connectivity index (χ2v) is 10.2.